The van der Waals surface area contributed by atoms with Crippen molar-refractivity contribution in [3.05, 3.63) is 47.0 Å². The Bertz CT molecular complexity index is 532. The normalized spacial score (nSPS) is 10.9. The van der Waals surface area contributed by atoms with E-state index < -0.39 is 0 Å². The van der Waals surface area contributed by atoms with E-state index in [1.54, 1.807) is 0 Å². The van der Waals surface area contributed by atoms with E-state index in [-0.39, 0.29) is 0 Å². The van der Waals surface area contributed by atoms with E-state index in [0.717, 1.165) is 28.5 Å². The van der Waals surface area contributed by atoms with E-state index in [1.807, 2.05) is 37.6 Å². The van der Waals surface area contributed by atoms with Crippen LogP contribution in [0, 0.1) is 6.92 Å². The molecule has 96 valence electrons. The highest BCUT2D eigenvalue weighted by Gasteiger charge is 2.07. The summed E-state index contributed by atoms with van der Waals surface area (Å²) in [6, 6.07) is 6.41. The van der Waals surface area contributed by atoms with Crippen LogP contribution in [0.15, 0.2) is 30.7 Å². The molecule has 1 aromatic carbocycles. The first-order chi connectivity index (χ1) is 8.59. The number of hydrogen-bond donors (Lipinski definition) is 1. The minimum atomic E-state index is 0.414. The number of nitrogens with zero attached hydrogens (tertiary/aromatic N) is 2. The quantitative estimate of drug-likeness (QED) is 0.902. The lowest BCUT2D eigenvalue weighted by atomic mass is 10.2. The summed E-state index contributed by atoms with van der Waals surface area (Å²) in [4.78, 5) is 4.19. The van der Waals surface area contributed by atoms with Crippen molar-refractivity contribution >= 4 is 17.3 Å². The highest BCUT2D eigenvalue weighted by Crippen LogP contribution is 2.25. The van der Waals surface area contributed by atoms with Crippen molar-refractivity contribution in [3.8, 4) is 0 Å². The Morgan fingerprint density at radius 2 is 2.17 bits per heavy atom. The van der Waals surface area contributed by atoms with Gasteiger partial charge in [0.2, 0.25) is 0 Å². The van der Waals surface area contributed by atoms with Crippen molar-refractivity contribution in [1.82, 2.24) is 9.55 Å². The minimum Gasteiger partial charge on any atom is -0.378 e. The first-order valence-corrected chi connectivity index (χ1v) is 6.47. The van der Waals surface area contributed by atoms with Gasteiger partial charge in [0.1, 0.15) is 0 Å². The number of aryl methyl sites for hydroxylation is 1. The van der Waals surface area contributed by atoms with Gasteiger partial charge >= 0.3 is 0 Å². The lowest BCUT2D eigenvalue weighted by molar-refractivity contribution is 0.577. The van der Waals surface area contributed by atoms with Gasteiger partial charge in [0.15, 0.2) is 0 Å². The molecule has 0 aliphatic rings. The van der Waals surface area contributed by atoms with E-state index in [4.69, 9.17) is 11.6 Å². The third-order valence-electron chi connectivity index (χ3n) is 2.95. The predicted octanol–water partition coefficient (Wildman–Crippen LogP) is 4.04. The molecule has 0 saturated carbocycles. The summed E-state index contributed by atoms with van der Waals surface area (Å²) in [7, 11) is 0. The van der Waals surface area contributed by atoms with Gasteiger partial charge in [0.25, 0.3) is 0 Å². The number of halogens is 1. The molecule has 0 radical (unpaired) electrons. The van der Waals surface area contributed by atoms with E-state index >= 15 is 0 Å². The molecule has 0 unspecified atom stereocenters. The van der Waals surface area contributed by atoms with Crippen molar-refractivity contribution in [2.75, 3.05) is 5.32 Å². The van der Waals surface area contributed by atoms with Crippen LogP contribution in [0.5, 0.6) is 0 Å². The fourth-order valence-corrected chi connectivity index (χ4v) is 2.10. The Hall–Kier alpha value is -1.48. The molecular formula is C14H18ClN3. The van der Waals surface area contributed by atoms with Gasteiger partial charge in [-0.2, -0.15) is 0 Å². The van der Waals surface area contributed by atoms with Crippen molar-refractivity contribution in [3.63, 3.8) is 0 Å². The van der Waals surface area contributed by atoms with Gasteiger partial charge in [-0.25, -0.2) is 4.98 Å². The number of benzene rings is 1. The summed E-state index contributed by atoms with van der Waals surface area (Å²) >= 11 is 6.25. The van der Waals surface area contributed by atoms with Crippen molar-refractivity contribution < 1.29 is 0 Å². The highest BCUT2D eigenvalue weighted by molar-refractivity contribution is 6.33. The summed E-state index contributed by atoms with van der Waals surface area (Å²) in [5, 5.41) is 4.14. The van der Waals surface area contributed by atoms with Crippen molar-refractivity contribution in [1.29, 1.82) is 0 Å². The lowest BCUT2D eigenvalue weighted by Gasteiger charge is -2.14. The van der Waals surface area contributed by atoms with Crippen molar-refractivity contribution in [2.45, 2.75) is 33.4 Å². The van der Waals surface area contributed by atoms with Gasteiger partial charge in [-0.1, -0.05) is 23.7 Å². The number of aromatic nitrogens is 2. The monoisotopic (exact) mass is 263 g/mol. The number of imidazole rings is 1. The molecule has 2 aromatic rings. The molecule has 0 aliphatic heterocycles. The van der Waals surface area contributed by atoms with E-state index in [1.165, 1.54) is 0 Å². The molecule has 3 nitrogen and oxygen atoms in total. The first-order valence-electron chi connectivity index (χ1n) is 6.09. The fraction of sp³-hybridized carbons (Fsp3) is 0.357. The maximum atomic E-state index is 6.25. The van der Waals surface area contributed by atoms with E-state index in [9.17, 15) is 0 Å². The third-order valence-corrected chi connectivity index (χ3v) is 3.46. The Kier molecular flexibility index (Phi) is 3.92. The Morgan fingerprint density at radius 3 is 2.89 bits per heavy atom. The van der Waals surface area contributed by atoms with Crippen LogP contribution < -0.4 is 5.32 Å². The molecule has 0 bridgehead atoms. The van der Waals surface area contributed by atoms with E-state index in [2.05, 4.69) is 28.7 Å². The Labute approximate surface area is 113 Å². The summed E-state index contributed by atoms with van der Waals surface area (Å²) in [5.41, 5.74) is 3.20. The second kappa shape index (κ2) is 5.44. The van der Waals surface area contributed by atoms with Gasteiger partial charge in [-0.05, 0) is 32.4 Å². The zero-order valence-corrected chi connectivity index (χ0v) is 11.7. The molecule has 1 aromatic heterocycles. The maximum absolute atomic E-state index is 6.25. The molecule has 1 N–H and O–H groups in total. The van der Waals surface area contributed by atoms with Crippen LogP contribution in [0.1, 0.15) is 31.1 Å². The number of rotatable bonds is 4. The molecular weight excluding hydrogens is 246 g/mol. The number of hydrogen-bond acceptors (Lipinski definition) is 2. The predicted molar refractivity (Wildman–Crippen MR) is 76.1 cm³/mol. The highest BCUT2D eigenvalue weighted by atomic mass is 35.5. The van der Waals surface area contributed by atoms with Crippen LogP contribution in [-0.4, -0.2) is 9.55 Å². The van der Waals surface area contributed by atoms with Gasteiger partial charge in [-0.3, -0.25) is 0 Å². The largest absolute Gasteiger partial charge is 0.378 e. The lowest BCUT2D eigenvalue weighted by Crippen LogP contribution is -2.09. The Balaban J connectivity index is 2.12. The van der Waals surface area contributed by atoms with E-state index in [0.29, 0.717) is 6.04 Å². The van der Waals surface area contributed by atoms with Crippen LogP contribution in [0.3, 0.4) is 0 Å². The number of anilines is 1. The molecule has 0 amide bonds. The summed E-state index contributed by atoms with van der Waals surface area (Å²) in [6.45, 7) is 7.02. The van der Waals surface area contributed by atoms with Crippen molar-refractivity contribution in [2.24, 2.45) is 0 Å². The SMILES string of the molecule is Cc1cccc(NCc2cncn2C(C)C)c1Cl. The third kappa shape index (κ3) is 2.67. The molecule has 0 fully saturated rings. The van der Waals surface area contributed by atoms with Crippen LogP contribution in [0.25, 0.3) is 0 Å². The molecule has 2 rings (SSSR count). The smallest absolute Gasteiger partial charge is 0.0951 e. The molecule has 0 atom stereocenters. The molecule has 0 saturated heterocycles. The van der Waals surface area contributed by atoms with Gasteiger partial charge in [-0.15, -0.1) is 0 Å². The standard InChI is InChI=1S/C14H18ClN3/c1-10(2)18-9-16-7-12(18)8-17-13-6-4-5-11(3)14(13)15/h4-7,9-10,17H,8H2,1-3H3. The van der Waals surface area contributed by atoms with Crippen LogP contribution in [0.2, 0.25) is 5.02 Å². The molecule has 1 heterocycles. The molecule has 0 aliphatic carbocycles. The second-order valence-corrected chi connectivity index (χ2v) is 5.05. The Morgan fingerprint density at radius 1 is 1.39 bits per heavy atom. The second-order valence-electron chi connectivity index (χ2n) is 4.68. The van der Waals surface area contributed by atoms with Gasteiger partial charge in [0.05, 0.1) is 29.3 Å². The average molecular weight is 264 g/mol. The summed E-state index contributed by atoms with van der Waals surface area (Å²) in [5.74, 6) is 0. The zero-order valence-electron chi connectivity index (χ0n) is 10.9. The first kappa shape index (κ1) is 13.0. The molecule has 18 heavy (non-hydrogen) atoms. The fourth-order valence-electron chi connectivity index (χ4n) is 1.90. The summed E-state index contributed by atoms with van der Waals surface area (Å²) < 4.78 is 2.15. The zero-order chi connectivity index (χ0) is 13.1. The maximum Gasteiger partial charge on any atom is 0.0951 e. The van der Waals surface area contributed by atoms with Gasteiger partial charge < -0.3 is 9.88 Å². The topological polar surface area (TPSA) is 29.9 Å². The van der Waals surface area contributed by atoms with Gasteiger partial charge in [0, 0.05) is 12.2 Å². The number of nitrogens with one attached hydrogen (secondary N) is 1. The minimum absolute atomic E-state index is 0.414. The van der Waals surface area contributed by atoms with Crippen LogP contribution in [-0.2, 0) is 6.54 Å². The molecule has 0 spiro atoms. The summed E-state index contributed by atoms with van der Waals surface area (Å²) in [6.07, 6.45) is 3.75. The molecule has 4 heteroatoms. The van der Waals surface area contributed by atoms with Crippen LogP contribution >= 0.6 is 11.6 Å². The van der Waals surface area contributed by atoms with Crippen LogP contribution in [0.4, 0.5) is 5.69 Å². The average Bonchev–Trinajstić information content (AvgIpc) is 2.79.